The minimum atomic E-state index is -0.824. The summed E-state index contributed by atoms with van der Waals surface area (Å²) in [4.78, 5) is 20.2. The van der Waals surface area contributed by atoms with Crippen molar-refractivity contribution in [1.29, 1.82) is 0 Å². The summed E-state index contributed by atoms with van der Waals surface area (Å²) in [7, 11) is 0. The van der Waals surface area contributed by atoms with Gasteiger partial charge in [0.1, 0.15) is 17.1 Å². The minimum Gasteiger partial charge on any atom is -0.379 e. The molecule has 0 saturated heterocycles. The molecule has 3 aromatic heterocycles. The molecule has 30 heavy (non-hydrogen) atoms. The number of aromatic nitrogens is 4. The Morgan fingerprint density at radius 1 is 1.27 bits per heavy atom. The van der Waals surface area contributed by atoms with Crippen LogP contribution in [0.5, 0.6) is 0 Å². The second-order valence-corrected chi connectivity index (χ2v) is 7.77. The molecule has 1 fully saturated rings. The van der Waals surface area contributed by atoms with Crippen molar-refractivity contribution >= 4 is 22.9 Å². The normalized spacial score (nSPS) is 19.0. The van der Waals surface area contributed by atoms with Gasteiger partial charge in [-0.2, -0.15) is 9.49 Å². The Hall–Kier alpha value is -2.72. The van der Waals surface area contributed by atoms with Crippen molar-refractivity contribution in [3.63, 3.8) is 0 Å². The molecule has 4 rings (SSSR count). The fourth-order valence-electron chi connectivity index (χ4n) is 3.65. The van der Waals surface area contributed by atoms with Gasteiger partial charge in [0.25, 0.3) is 5.91 Å². The van der Waals surface area contributed by atoms with E-state index >= 15 is 0 Å². The highest BCUT2D eigenvalue weighted by Crippen LogP contribution is 2.34. The maximum Gasteiger partial charge on any atom is 0.275 e. The van der Waals surface area contributed by atoms with E-state index in [-0.39, 0.29) is 34.9 Å². The molecule has 0 atom stereocenters. The van der Waals surface area contributed by atoms with Crippen molar-refractivity contribution in [1.82, 2.24) is 19.7 Å². The van der Waals surface area contributed by atoms with Gasteiger partial charge in [0.05, 0.1) is 23.3 Å². The maximum atomic E-state index is 14.4. The van der Waals surface area contributed by atoms with Gasteiger partial charge in [-0.05, 0) is 44.7 Å². The molecule has 3 aromatic rings. The zero-order valence-corrected chi connectivity index (χ0v) is 17.2. The van der Waals surface area contributed by atoms with Gasteiger partial charge in [-0.1, -0.05) is 0 Å². The topological polar surface area (TPSA) is 81.9 Å². The van der Waals surface area contributed by atoms with E-state index in [0.29, 0.717) is 6.61 Å². The third-order valence-electron chi connectivity index (χ3n) is 5.10. The highest BCUT2D eigenvalue weighted by Gasteiger charge is 2.26. The summed E-state index contributed by atoms with van der Waals surface area (Å²) >= 11 is 1.29. The third kappa shape index (κ3) is 4.39. The predicted octanol–water partition coefficient (Wildman–Crippen LogP) is 4.45. The van der Waals surface area contributed by atoms with Crippen molar-refractivity contribution in [3.05, 3.63) is 46.7 Å². The quantitative estimate of drug-likeness (QED) is 0.581. The van der Waals surface area contributed by atoms with Gasteiger partial charge >= 0.3 is 0 Å². The summed E-state index contributed by atoms with van der Waals surface area (Å²) < 4.78 is 35.5. The minimum absolute atomic E-state index is 0.0713. The number of carbonyl (C=O) groups excluding carboxylic acids is 1. The number of rotatable bonds is 6. The highest BCUT2D eigenvalue weighted by molar-refractivity contribution is 7.07. The van der Waals surface area contributed by atoms with Crippen LogP contribution in [0.1, 0.15) is 49.1 Å². The van der Waals surface area contributed by atoms with Crippen molar-refractivity contribution in [2.75, 3.05) is 11.9 Å². The van der Waals surface area contributed by atoms with Crippen molar-refractivity contribution in [2.45, 2.75) is 44.8 Å². The van der Waals surface area contributed by atoms with Crippen LogP contribution in [-0.2, 0) is 4.74 Å². The molecule has 1 amide bonds. The second-order valence-electron chi connectivity index (χ2n) is 7.05. The van der Waals surface area contributed by atoms with Gasteiger partial charge in [0, 0.05) is 18.2 Å². The van der Waals surface area contributed by atoms with Crippen molar-refractivity contribution in [2.24, 2.45) is 0 Å². The van der Waals surface area contributed by atoms with Crippen LogP contribution in [0.4, 0.5) is 14.5 Å². The smallest absolute Gasteiger partial charge is 0.275 e. The van der Waals surface area contributed by atoms with Gasteiger partial charge in [-0.3, -0.25) is 9.48 Å². The average Bonchev–Trinajstić information content (AvgIpc) is 3.41. The van der Waals surface area contributed by atoms with Gasteiger partial charge in [0.2, 0.25) is 5.95 Å². The Bertz CT molecular complexity index is 1020. The number of anilines is 1. The Kier molecular flexibility index (Phi) is 6.14. The molecule has 0 unspecified atom stereocenters. The maximum absolute atomic E-state index is 14.4. The van der Waals surface area contributed by atoms with E-state index in [1.54, 1.807) is 21.8 Å². The summed E-state index contributed by atoms with van der Waals surface area (Å²) in [6.45, 7) is 2.66. The van der Waals surface area contributed by atoms with Gasteiger partial charge in [-0.25, -0.2) is 14.4 Å². The van der Waals surface area contributed by atoms with E-state index in [1.807, 2.05) is 6.92 Å². The average molecular weight is 433 g/mol. The predicted molar refractivity (Wildman–Crippen MR) is 108 cm³/mol. The zero-order chi connectivity index (χ0) is 21.1. The van der Waals surface area contributed by atoms with Crippen LogP contribution in [0.3, 0.4) is 0 Å². The molecular formula is C20H21F2N5O2S. The first-order chi connectivity index (χ1) is 14.5. The number of nitrogens with one attached hydrogen (secondary N) is 1. The van der Waals surface area contributed by atoms with Crippen LogP contribution in [0.2, 0.25) is 0 Å². The molecule has 158 valence electrons. The van der Waals surface area contributed by atoms with E-state index in [4.69, 9.17) is 4.74 Å². The second kappa shape index (κ2) is 8.97. The fourth-order valence-corrected chi connectivity index (χ4v) is 4.18. The molecule has 0 spiro atoms. The molecule has 1 saturated carbocycles. The lowest BCUT2D eigenvalue weighted by molar-refractivity contribution is 0.0260. The first-order valence-electron chi connectivity index (χ1n) is 9.78. The van der Waals surface area contributed by atoms with Crippen molar-refractivity contribution < 1.29 is 18.3 Å². The summed E-state index contributed by atoms with van der Waals surface area (Å²) in [5, 5.41) is 8.81. The first-order valence-corrected chi connectivity index (χ1v) is 10.7. The zero-order valence-electron chi connectivity index (χ0n) is 16.3. The lowest BCUT2D eigenvalue weighted by Gasteiger charge is -2.28. The fraction of sp³-hybridized carbons (Fsp3) is 0.400. The first kappa shape index (κ1) is 20.5. The van der Waals surface area contributed by atoms with Crippen LogP contribution in [0.25, 0.3) is 11.4 Å². The number of pyridine rings is 1. The third-order valence-corrected chi connectivity index (χ3v) is 5.69. The van der Waals surface area contributed by atoms with E-state index in [2.05, 4.69) is 20.4 Å². The molecule has 7 nitrogen and oxygen atoms in total. The summed E-state index contributed by atoms with van der Waals surface area (Å²) in [5.74, 6) is -1.99. The molecule has 1 aliphatic rings. The molecule has 1 aliphatic carbocycles. The largest absolute Gasteiger partial charge is 0.379 e. The lowest BCUT2D eigenvalue weighted by atomic mass is 9.93. The molecule has 0 aliphatic heterocycles. The number of hydrogen-bond donors (Lipinski definition) is 1. The van der Waals surface area contributed by atoms with Crippen LogP contribution in [0, 0.1) is 11.8 Å². The molecule has 3 heterocycles. The number of ether oxygens (including phenoxy) is 1. The number of nitrogens with zero attached hydrogens (tertiary/aromatic N) is 4. The van der Waals surface area contributed by atoms with Gasteiger partial charge in [0.15, 0.2) is 5.82 Å². The van der Waals surface area contributed by atoms with Crippen LogP contribution < -0.4 is 5.32 Å². The monoisotopic (exact) mass is 433 g/mol. The van der Waals surface area contributed by atoms with Crippen LogP contribution in [0.15, 0.2) is 29.2 Å². The molecule has 1 N–H and O–H groups in total. The Labute approximate surface area is 176 Å². The van der Waals surface area contributed by atoms with E-state index in [1.165, 1.54) is 11.3 Å². The van der Waals surface area contributed by atoms with Crippen LogP contribution in [-0.4, -0.2) is 38.4 Å². The summed E-state index contributed by atoms with van der Waals surface area (Å²) in [5.41, 5.74) is 1.89. The molecule has 0 bridgehead atoms. The van der Waals surface area contributed by atoms with Gasteiger partial charge < -0.3 is 10.1 Å². The summed E-state index contributed by atoms with van der Waals surface area (Å²) in [6.07, 6.45) is 5.33. The van der Waals surface area contributed by atoms with Crippen LogP contribution >= 0.6 is 11.3 Å². The van der Waals surface area contributed by atoms with E-state index < -0.39 is 17.7 Å². The Morgan fingerprint density at radius 3 is 2.77 bits per heavy atom. The Balaban J connectivity index is 1.65. The number of halogens is 2. The standard InChI is InChI=1S/C20H21F2N5O2S/c1-2-29-13-5-3-12(4-6-13)27-9-15(24-20(28)16-10-30-11-23-16)19(26-27)18-14(21)7-8-17(22)25-18/h7-13H,2-6H2,1H3,(H,24,28). The number of thiazole rings is 1. The number of amides is 1. The van der Waals surface area contributed by atoms with Gasteiger partial charge in [-0.15, -0.1) is 11.3 Å². The summed E-state index contributed by atoms with van der Waals surface area (Å²) in [6, 6.07) is 2.01. The number of carbonyl (C=O) groups is 1. The highest BCUT2D eigenvalue weighted by atomic mass is 32.1. The SMILES string of the molecule is CCOC1CCC(n2cc(NC(=O)c3cscn3)c(-c3nc(F)ccc3F)n2)CC1. The van der Waals surface area contributed by atoms with Crippen molar-refractivity contribution in [3.8, 4) is 11.4 Å². The molecular weight excluding hydrogens is 412 g/mol. The lowest BCUT2D eigenvalue weighted by Crippen LogP contribution is -2.24. The Morgan fingerprint density at radius 2 is 2.07 bits per heavy atom. The van der Waals surface area contributed by atoms with E-state index in [0.717, 1.165) is 37.8 Å². The number of hydrogen-bond acceptors (Lipinski definition) is 6. The van der Waals surface area contributed by atoms with E-state index in [9.17, 15) is 13.6 Å². The molecule has 0 aromatic carbocycles. The molecule has 0 radical (unpaired) electrons. The molecule has 10 heteroatoms.